The van der Waals surface area contributed by atoms with Crippen molar-refractivity contribution in [3.63, 3.8) is 0 Å². The van der Waals surface area contributed by atoms with Crippen LogP contribution in [0, 0.1) is 40.6 Å². The fraction of sp³-hybridized carbons (Fsp3) is 0.126. The largest absolute Gasteiger partial charge is 0.378 e. The van der Waals surface area contributed by atoms with Crippen LogP contribution in [-0.4, -0.2) is 68.1 Å². The first-order valence-electron chi connectivity index (χ1n) is 33.3. The predicted molar refractivity (Wildman–Crippen MR) is 423 cm³/mol. The number of hydrogen-bond acceptors (Lipinski definition) is 14. The maximum Gasteiger partial charge on any atom is 0.335 e. The summed E-state index contributed by atoms with van der Waals surface area (Å²) in [5, 5.41) is 28.3. The molecule has 0 fully saturated rings. The first-order valence-corrected chi connectivity index (χ1v) is 35.0. The van der Waals surface area contributed by atoms with Crippen molar-refractivity contribution >= 4 is 118 Å². The van der Waals surface area contributed by atoms with Gasteiger partial charge in [-0.15, -0.1) is 0 Å². The standard InChI is InChI=1S/C52H44N6.C21H20N2O.C14H15N2O4P/c1-54-52-37-41(22-16-39-18-24-48(25-19-39)57(46-12-8-6-9-13-46)50-32-28-44(29-33-50)55(2)3)43(38-53)36-42(52)23-17-40-20-26-49(27-21-40)58(47-14-10-7-11-15-47)51-34-30-45(31-35-51)56(4)5;1-22(2)18-12-14-21(15-13-18)23(19-6-4-3-5-7-19)20-10-8-17(16-24)9-11-20;1-3-19-21(18,20-4-2)10-14-6-11(7-15)13(9-17)5-12(14)8-16/h6-37H,2-5H3;3-16H,1-2H3;5-6,9H,3-4,10H2,1-2H3/b22-16+,23-17+;;. The van der Waals surface area contributed by atoms with Crippen LogP contribution in [0.25, 0.3) is 29.1 Å². The van der Waals surface area contributed by atoms with Crippen molar-refractivity contribution in [1.82, 2.24) is 0 Å². The number of nitrogens with zero attached hydrogens (tertiary/aromatic N) is 10. The summed E-state index contributed by atoms with van der Waals surface area (Å²) < 4.78 is 22.8. The monoisotopic (exact) mass is 1370 g/mol. The molecule has 0 radical (unpaired) electrons. The van der Waals surface area contributed by atoms with Crippen molar-refractivity contribution in [3.05, 3.63) is 328 Å². The van der Waals surface area contributed by atoms with Gasteiger partial charge in [0.05, 0.1) is 60.8 Å². The Kier molecular flexibility index (Phi) is 26.2. The highest BCUT2D eigenvalue weighted by molar-refractivity contribution is 7.53. The molecule has 11 aromatic carbocycles. The molecule has 0 N–H and O–H groups in total. The SMILES string of the molecule is CCOP(=O)(Cc1cc(C#N)c(C=O)cc1C#N)OCC.CN(C)c1ccc(N(c2ccccc2)c2ccc(C=O)cc2)cc1.[C-]#[N+]c1cc(/C=C/c2ccc(N(c3ccccc3)c3ccc(N(C)C)cc3)cc2)c(C#N)cc1/C=C/c1ccc(N(c2ccccc2)c2ccc(N(C)C)cc2)cc1. The third kappa shape index (κ3) is 19.5. The van der Waals surface area contributed by atoms with E-state index in [9.17, 15) is 19.4 Å². The number of hydrogen-bond donors (Lipinski definition) is 0. The number of aldehydes is 2. The summed E-state index contributed by atoms with van der Waals surface area (Å²) in [4.78, 5) is 38.5. The molecule has 0 aromatic heterocycles. The molecule has 0 aliphatic rings. The topological polar surface area (TPSA) is 165 Å². The second kappa shape index (κ2) is 36.3. The van der Waals surface area contributed by atoms with E-state index < -0.39 is 7.60 Å². The lowest BCUT2D eigenvalue weighted by molar-refractivity contribution is 0.111. The Balaban J connectivity index is 0.000000223. The lowest BCUT2D eigenvalue weighted by atomic mass is 10.0. The van der Waals surface area contributed by atoms with Crippen LogP contribution in [0.2, 0.25) is 0 Å². The predicted octanol–water partition coefficient (Wildman–Crippen LogP) is 21.6. The molecule has 11 rings (SSSR count). The smallest absolute Gasteiger partial charge is 0.335 e. The third-order valence-electron chi connectivity index (χ3n) is 16.5. The quantitative estimate of drug-likeness (QED) is 0.0243. The minimum atomic E-state index is -3.38. The molecule has 0 saturated carbocycles. The first kappa shape index (κ1) is 74.4. The highest BCUT2D eigenvalue weighted by atomic mass is 31.2. The molecule has 0 saturated heterocycles. The molecule has 0 amide bonds. The van der Waals surface area contributed by atoms with E-state index in [0.717, 1.165) is 85.7 Å². The fourth-order valence-electron chi connectivity index (χ4n) is 11.2. The molecule has 512 valence electrons. The number of benzene rings is 11. The lowest BCUT2D eigenvalue weighted by Crippen LogP contribution is -2.11. The van der Waals surface area contributed by atoms with Gasteiger partial charge in [0, 0.05) is 122 Å². The summed E-state index contributed by atoms with van der Waals surface area (Å²) in [6.07, 6.45) is 9.05. The summed E-state index contributed by atoms with van der Waals surface area (Å²) in [7, 11) is 8.83. The van der Waals surface area contributed by atoms with Gasteiger partial charge in [-0.05, 0) is 224 Å². The van der Waals surface area contributed by atoms with Crippen LogP contribution >= 0.6 is 7.60 Å². The Hall–Kier alpha value is -12.9. The zero-order valence-electron chi connectivity index (χ0n) is 58.9. The van der Waals surface area contributed by atoms with Gasteiger partial charge < -0.3 is 38.4 Å². The number of rotatable bonds is 24. The summed E-state index contributed by atoms with van der Waals surface area (Å²) in [6.45, 7) is 11.8. The van der Waals surface area contributed by atoms with Crippen LogP contribution in [0.15, 0.2) is 261 Å². The summed E-state index contributed by atoms with van der Waals surface area (Å²) in [5.74, 6) is 0. The van der Waals surface area contributed by atoms with Crippen LogP contribution in [0.4, 0.5) is 73.9 Å². The van der Waals surface area contributed by atoms with Gasteiger partial charge in [-0.1, -0.05) is 103 Å². The maximum absolute atomic E-state index is 12.5. The van der Waals surface area contributed by atoms with Gasteiger partial charge in [0.2, 0.25) is 0 Å². The van der Waals surface area contributed by atoms with Gasteiger partial charge in [-0.25, -0.2) is 4.85 Å². The van der Waals surface area contributed by atoms with Gasteiger partial charge in [0.15, 0.2) is 12.0 Å². The molecule has 15 nitrogen and oxygen atoms in total. The minimum absolute atomic E-state index is 0.120. The van der Waals surface area contributed by atoms with Crippen molar-refractivity contribution in [3.8, 4) is 18.2 Å². The third-order valence-corrected chi connectivity index (χ3v) is 18.5. The summed E-state index contributed by atoms with van der Waals surface area (Å²) in [6, 6.07) is 93.1. The highest BCUT2D eigenvalue weighted by Gasteiger charge is 2.27. The molecule has 0 aliphatic heterocycles. The van der Waals surface area contributed by atoms with Gasteiger partial charge >= 0.3 is 7.60 Å². The molecule has 16 heteroatoms. The van der Waals surface area contributed by atoms with Crippen molar-refractivity contribution in [1.29, 1.82) is 15.8 Å². The molecular weight excluding hydrogens is 1300 g/mol. The van der Waals surface area contributed by atoms with E-state index in [-0.39, 0.29) is 36.1 Å². The average Bonchev–Trinajstić information content (AvgIpc) is 0.823. The van der Waals surface area contributed by atoms with Crippen LogP contribution in [0.5, 0.6) is 0 Å². The highest BCUT2D eigenvalue weighted by Crippen LogP contribution is 2.52. The van der Waals surface area contributed by atoms with Crippen molar-refractivity contribution in [2.45, 2.75) is 20.0 Å². The molecule has 0 spiro atoms. The Morgan fingerprint density at radius 2 is 0.670 bits per heavy atom. The van der Waals surface area contributed by atoms with Crippen LogP contribution in [0.3, 0.4) is 0 Å². The maximum atomic E-state index is 12.5. The van der Waals surface area contributed by atoms with Gasteiger partial charge in [-0.3, -0.25) is 14.2 Å². The lowest BCUT2D eigenvalue weighted by Gasteiger charge is -2.26. The molecule has 0 atom stereocenters. The van der Waals surface area contributed by atoms with Gasteiger partial charge in [0.25, 0.3) is 0 Å². The Morgan fingerprint density at radius 1 is 0.369 bits per heavy atom. The zero-order valence-corrected chi connectivity index (χ0v) is 59.8. The van der Waals surface area contributed by atoms with Crippen molar-refractivity contribution in [2.75, 3.05) is 84.9 Å². The van der Waals surface area contributed by atoms with E-state index in [1.165, 1.54) is 12.1 Å². The second-order valence-electron chi connectivity index (χ2n) is 24.1. The fourth-order valence-corrected chi connectivity index (χ4v) is 12.9. The minimum Gasteiger partial charge on any atom is -0.378 e. The molecule has 0 aliphatic carbocycles. The Morgan fingerprint density at radius 3 is 0.981 bits per heavy atom. The van der Waals surface area contributed by atoms with Crippen molar-refractivity contribution in [2.24, 2.45) is 0 Å². The van der Waals surface area contributed by atoms with E-state index in [1.807, 2.05) is 158 Å². The molecule has 0 bridgehead atoms. The molecular formula is C87H79N10O5P. The van der Waals surface area contributed by atoms with Gasteiger partial charge in [0.1, 0.15) is 6.29 Å². The Bertz CT molecular complexity index is 4730. The van der Waals surface area contributed by atoms with E-state index in [0.29, 0.717) is 39.8 Å². The Labute approximate surface area is 605 Å². The van der Waals surface area contributed by atoms with Crippen LogP contribution in [0.1, 0.15) is 79.1 Å². The number of para-hydroxylation sites is 3. The second-order valence-corrected chi connectivity index (χ2v) is 26.1. The van der Waals surface area contributed by atoms with E-state index in [1.54, 1.807) is 26.0 Å². The zero-order chi connectivity index (χ0) is 73.3. The molecule has 0 unspecified atom stereocenters. The molecule has 11 aromatic rings. The number of anilines is 12. The molecule has 103 heavy (non-hydrogen) atoms. The summed E-state index contributed by atoms with van der Waals surface area (Å²) >= 11 is 0. The molecule has 0 heterocycles. The average molecular weight is 1380 g/mol. The van der Waals surface area contributed by atoms with Crippen molar-refractivity contribution < 1.29 is 23.2 Å². The normalized spacial score (nSPS) is 10.7. The van der Waals surface area contributed by atoms with Crippen LogP contribution < -0.4 is 29.4 Å². The van der Waals surface area contributed by atoms with Crippen LogP contribution in [-0.2, 0) is 19.8 Å². The van der Waals surface area contributed by atoms with E-state index in [4.69, 9.17) is 26.1 Å². The number of carbonyl (C=O) groups excluding carboxylic acids is 2. The van der Waals surface area contributed by atoms with E-state index >= 15 is 0 Å². The van der Waals surface area contributed by atoms with E-state index in [2.05, 4.69) is 198 Å². The summed E-state index contributed by atoms with van der Waals surface area (Å²) in [5.41, 5.74) is 18.7. The first-order chi connectivity index (χ1) is 50.0. The number of nitriles is 3. The number of carbonyl (C=O) groups is 2. The van der Waals surface area contributed by atoms with Gasteiger partial charge in [-0.2, -0.15) is 15.8 Å².